The summed E-state index contributed by atoms with van der Waals surface area (Å²) in [5, 5.41) is 10.8. The second kappa shape index (κ2) is 8.11. The molecular formula is C19H28N4O. The minimum absolute atomic E-state index is 0.0366. The third kappa shape index (κ3) is 5.20. The highest BCUT2D eigenvalue weighted by Gasteiger charge is 2.09. The fourth-order valence-corrected chi connectivity index (χ4v) is 2.70. The number of hydrogen-bond acceptors (Lipinski definition) is 3. The third-order valence-corrected chi connectivity index (χ3v) is 4.06. The first-order chi connectivity index (χ1) is 11.3. The third-order valence-electron chi connectivity index (χ3n) is 4.06. The van der Waals surface area contributed by atoms with Crippen LogP contribution in [-0.4, -0.2) is 28.3 Å². The largest absolute Gasteiger partial charge is 0.326 e. The predicted molar refractivity (Wildman–Crippen MR) is 98.3 cm³/mol. The van der Waals surface area contributed by atoms with Crippen LogP contribution < -0.4 is 10.6 Å². The number of carbonyl (C=O) groups excluding carboxylic acids is 1. The van der Waals surface area contributed by atoms with Crippen molar-refractivity contribution in [3.63, 3.8) is 0 Å². The molecule has 2 rings (SSSR count). The molecule has 24 heavy (non-hydrogen) atoms. The van der Waals surface area contributed by atoms with Crippen molar-refractivity contribution in [1.29, 1.82) is 0 Å². The maximum atomic E-state index is 12.1. The van der Waals surface area contributed by atoms with E-state index in [0.29, 0.717) is 13.0 Å². The van der Waals surface area contributed by atoms with Crippen LogP contribution in [0.3, 0.4) is 0 Å². The predicted octanol–water partition coefficient (Wildman–Crippen LogP) is 3.12. The first-order valence-corrected chi connectivity index (χ1v) is 8.46. The minimum Gasteiger partial charge on any atom is -0.326 e. The standard InChI is InChI=1S/C19H28N4O/c1-13-6-7-14(2)18(10-13)21-19(24)8-9-20-16(4)12-23-17(5)11-15(3)22-23/h6-7,10-11,16,20H,8-9,12H2,1-5H3,(H,21,24)/t16-/m1/s1. The Morgan fingerprint density at radius 3 is 2.62 bits per heavy atom. The van der Waals surface area contributed by atoms with Gasteiger partial charge >= 0.3 is 0 Å². The van der Waals surface area contributed by atoms with Gasteiger partial charge in [0.15, 0.2) is 0 Å². The summed E-state index contributed by atoms with van der Waals surface area (Å²) in [6, 6.07) is 8.42. The SMILES string of the molecule is Cc1ccc(C)c(NC(=O)CCN[C@H](C)Cn2nc(C)cc2C)c1. The van der Waals surface area contributed by atoms with Crippen molar-refractivity contribution < 1.29 is 4.79 Å². The quantitative estimate of drug-likeness (QED) is 0.821. The van der Waals surface area contributed by atoms with Crippen LogP contribution >= 0.6 is 0 Å². The van der Waals surface area contributed by atoms with Crippen LogP contribution in [0.4, 0.5) is 5.69 Å². The van der Waals surface area contributed by atoms with Crippen molar-refractivity contribution in [2.45, 2.75) is 53.6 Å². The lowest BCUT2D eigenvalue weighted by atomic mass is 10.1. The van der Waals surface area contributed by atoms with Gasteiger partial charge < -0.3 is 10.6 Å². The van der Waals surface area contributed by atoms with E-state index in [1.807, 2.05) is 43.7 Å². The molecule has 2 N–H and O–H groups in total. The molecule has 0 aliphatic carbocycles. The van der Waals surface area contributed by atoms with Crippen molar-refractivity contribution in [2.24, 2.45) is 0 Å². The summed E-state index contributed by atoms with van der Waals surface area (Å²) in [7, 11) is 0. The van der Waals surface area contributed by atoms with E-state index in [-0.39, 0.29) is 11.9 Å². The smallest absolute Gasteiger partial charge is 0.225 e. The highest BCUT2D eigenvalue weighted by molar-refractivity contribution is 5.91. The summed E-state index contributed by atoms with van der Waals surface area (Å²) in [4.78, 5) is 12.1. The Hall–Kier alpha value is -2.14. The van der Waals surface area contributed by atoms with E-state index in [1.165, 1.54) is 0 Å². The molecule has 5 heteroatoms. The molecule has 1 aromatic carbocycles. The molecule has 5 nitrogen and oxygen atoms in total. The van der Waals surface area contributed by atoms with Crippen LogP contribution in [-0.2, 0) is 11.3 Å². The molecule has 0 saturated carbocycles. The van der Waals surface area contributed by atoms with E-state index in [0.717, 1.165) is 34.7 Å². The van der Waals surface area contributed by atoms with Gasteiger partial charge in [-0.15, -0.1) is 0 Å². The fourth-order valence-electron chi connectivity index (χ4n) is 2.70. The van der Waals surface area contributed by atoms with Crippen molar-refractivity contribution >= 4 is 11.6 Å². The Morgan fingerprint density at radius 2 is 1.96 bits per heavy atom. The molecule has 0 fully saturated rings. The highest BCUT2D eigenvalue weighted by Crippen LogP contribution is 2.16. The van der Waals surface area contributed by atoms with E-state index >= 15 is 0 Å². The zero-order valence-corrected chi connectivity index (χ0v) is 15.3. The summed E-state index contributed by atoms with van der Waals surface area (Å²) < 4.78 is 2.00. The van der Waals surface area contributed by atoms with Crippen LogP contribution in [0.5, 0.6) is 0 Å². The lowest BCUT2D eigenvalue weighted by Gasteiger charge is -2.15. The van der Waals surface area contributed by atoms with Gasteiger partial charge in [0.05, 0.1) is 12.2 Å². The van der Waals surface area contributed by atoms with Crippen LogP contribution in [0.2, 0.25) is 0 Å². The molecule has 130 valence electrons. The van der Waals surface area contributed by atoms with Crippen molar-refractivity contribution in [1.82, 2.24) is 15.1 Å². The lowest BCUT2D eigenvalue weighted by Crippen LogP contribution is -2.33. The molecule has 1 atom stereocenters. The molecule has 0 bridgehead atoms. The molecule has 1 amide bonds. The Labute approximate surface area is 144 Å². The molecule has 0 radical (unpaired) electrons. The van der Waals surface area contributed by atoms with Gasteiger partial charge in [-0.25, -0.2) is 0 Å². The molecule has 0 aliphatic heterocycles. The van der Waals surface area contributed by atoms with Crippen molar-refractivity contribution in [3.8, 4) is 0 Å². The summed E-state index contributed by atoms with van der Waals surface area (Å²) in [5.74, 6) is 0.0366. The summed E-state index contributed by atoms with van der Waals surface area (Å²) in [6.07, 6.45) is 0.453. The average molecular weight is 328 g/mol. The van der Waals surface area contributed by atoms with Gasteiger partial charge in [-0.3, -0.25) is 9.48 Å². The number of carbonyl (C=O) groups is 1. The number of aromatic nitrogens is 2. The molecule has 0 saturated heterocycles. The van der Waals surface area contributed by atoms with Gasteiger partial charge in [0.25, 0.3) is 0 Å². The fraction of sp³-hybridized carbons (Fsp3) is 0.474. The van der Waals surface area contributed by atoms with Gasteiger partial charge in [-0.2, -0.15) is 5.10 Å². The zero-order chi connectivity index (χ0) is 17.7. The average Bonchev–Trinajstić information content (AvgIpc) is 2.80. The summed E-state index contributed by atoms with van der Waals surface area (Å²) in [5.41, 5.74) is 5.32. The van der Waals surface area contributed by atoms with E-state index in [1.54, 1.807) is 0 Å². The molecule has 1 heterocycles. The van der Waals surface area contributed by atoms with Crippen LogP contribution in [0, 0.1) is 27.7 Å². The molecule has 0 aliphatic rings. The molecular weight excluding hydrogens is 300 g/mol. The van der Waals surface area contributed by atoms with Crippen LogP contribution in [0.15, 0.2) is 24.3 Å². The number of anilines is 1. The topological polar surface area (TPSA) is 59.0 Å². The first-order valence-electron chi connectivity index (χ1n) is 8.46. The van der Waals surface area contributed by atoms with Gasteiger partial charge in [0.1, 0.15) is 0 Å². The molecule has 0 spiro atoms. The molecule has 2 aromatic rings. The Kier molecular flexibility index (Phi) is 6.15. The van der Waals surface area contributed by atoms with Gasteiger partial charge in [-0.05, 0) is 57.9 Å². The van der Waals surface area contributed by atoms with Crippen molar-refractivity contribution in [3.05, 3.63) is 46.8 Å². The van der Waals surface area contributed by atoms with Gasteiger partial charge in [0.2, 0.25) is 5.91 Å². The number of benzene rings is 1. The highest BCUT2D eigenvalue weighted by atomic mass is 16.1. The molecule has 1 aromatic heterocycles. The molecule has 0 unspecified atom stereocenters. The number of aryl methyl sites for hydroxylation is 4. The number of nitrogens with zero attached hydrogens (tertiary/aromatic N) is 2. The zero-order valence-electron chi connectivity index (χ0n) is 15.3. The first kappa shape index (κ1) is 18.2. The van der Waals surface area contributed by atoms with Crippen LogP contribution in [0.1, 0.15) is 35.9 Å². The van der Waals surface area contributed by atoms with E-state index in [2.05, 4.69) is 35.6 Å². The van der Waals surface area contributed by atoms with E-state index in [9.17, 15) is 4.79 Å². The summed E-state index contributed by atoms with van der Waals surface area (Å²) in [6.45, 7) is 11.7. The monoisotopic (exact) mass is 328 g/mol. The number of rotatable bonds is 7. The van der Waals surface area contributed by atoms with Crippen molar-refractivity contribution in [2.75, 3.05) is 11.9 Å². The minimum atomic E-state index is 0.0366. The lowest BCUT2D eigenvalue weighted by molar-refractivity contribution is -0.116. The summed E-state index contributed by atoms with van der Waals surface area (Å²) >= 11 is 0. The second-order valence-corrected chi connectivity index (χ2v) is 6.58. The Bertz CT molecular complexity index is 705. The normalized spacial score (nSPS) is 12.2. The van der Waals surface area contributed by atoms with Gasteiger partial charge in [-0.1, -0.05) is 12.1 Å². The Morgan fingerprint density at radius 1 is 1.21 bits per heavy atom. The van der Waals surface area contributed by atoms with E-state index < -0.39 is 0 Å². The van der Waals surface area contributed by atoms with E-state index in [4.69, 9.17) is 0 Å². The van der Waals surface area contributed by atoms with Gasteiger partial charge in [0, 0.05) is 30.4 Å². The Balaban J connectivity index is 1.76. The number of hydrogen-bond donors (Lipinski definition) is 2. The number of nitrogens with one attached hydrogen (secondary N) is 2. The number of amides is 1. The van der Waals surface area contributed by atoms with Crippen LogP contribution in [0.25, 0.3) is 0 Å². The maximum Gasteiger partial charge on any atom is 0.225 e. The second-order valence-electron chi connectivity index (χ2n) is 6.58. The maximum absolute atomic E-state index is 12.1.